The van der Waals surface area contributed by atoms with Gasteiger partial charge in [0.25, 0.3) is 0 Å². The summed E-state index contributed by atoms with van der Waals surface area (Å²) in [6.07, 6.45) is -0.760. The van der Waals surface area contributed by atoms with Crippen molar-refractivity contribution in [2.24, 2.45) is 5.73 Å². The van der Waals surface area contributed by atoms with Crippen molar-refractivity contribution < 1.29 is 38.2 Å². The molecular weight excluding hydrogens is 818 g/mol. The van der Waals surface area contributed by atoms with Crippen LogP contribution < -0.4 is 21.7 Å². The maximum Gasteiger partial charge on any atom is 0.408 e. The van der Waals surface area contributed by atoms with E-state index in [2.05, 4.69) is 20.7 Å². The van der Waals surface area contributed by atoms with Gasteiger partial charge >= 0.3 is 18.0 Å². The Morgan fingerprint density at radius 1 is 0.561 bits per heavy atom. The first kappa shape index (κ1) is 46.5. The number of hydrogen-bond acceptors (Lipinski definition) is 9. The molecule has 4 rings (SSSR count). The Morgan fingerprint density at radius 3 is 1.30 bits per heavy atom. The zero-order valence-corrected chi connectivity index (χ0v) is 35.3. The van der Waals surface area contributed by atoms with Gasteiger partial charge in [-0.05, 0) is 118 Å². The van der Waals surface area contributed by atoms with E-state index in [1.807, 2.05) is 6.92 Å². The average Bonchev–Trinajstić information content (AvgIpc) is 3.14. The molecule has 57 heavy (non-hydrogen) atoms. The van der Waals surface area contributed by atoms with Crippen LogP contribution in [0.25, 0.3) is 0 Å². The molecule has 0 spiro atoms. The lowest BCUT2D eigenvalue weighted by atomic mass is 10.0. The highest BCUT2D eigenvalue weighted by Crippen LogP contribution is 2.26. The molecule has 4 aromatic carbocycles. The van der Waals surface area contributed by atoms with Gasteiger partial charge in [0.15, 0.2) is 0 Å². The Labute approximate surface area is 351 Å². The van der Waals surface area contributed by atoms with E-state index in [1.54, 1.807) is 107 Å². The molecule has 0 fully saturated rings. The van der Waals surface area contributed by atoms with E-state index in [4.69, 9.17) is 61.6 Å². The number of carbonyl (C=O) groups excluding carboxylic acids is 5. The minimum atomic E-state index is -1.10. The van der Waals surface area contributed by atoms with Crippen molar-refractivity contribution in [3.05, 3.63) is 138 Å². The first-order chi connectivity index (χ1) is 26.7. The normalized spacial score (nSPS) is 13.0. The summed E-state index contributed by atoms with van der Waals surface area (Å²) in [7, 11) is 2.63. The monoisotopic (exact) mass is 860 g/mol. The average molecular weight is 863 g/mol. The molecule has 12 nitrogen and oxygen atoms in total. The molecule has 0 saturated heterocycles. The topological polar surface area (TPSA) is 175 Å². The Morgan fingerprint density at radius 2 is 0.930 bits per heavy atom. The van der Waals surface area contributed by atoms with Crippen LogP contribution in [0.3, 0.4) is 0 Å². The van der Waals surface area contributed by atoms with Gasteiger partial charge in [-0.2, -0.15) is 0 Å². The van der Waals surface area contributed by atoms with Crippen LogP contribution in [-0.4, -0.2) is 49.7 Å². The van der Waals surface area contributed by atoms with Gasteiger partial charge in [-0.25, -0.2) is 14.4 Å². The van der Waals surface area contributed by atoms with Crippen LogP contribution in [0.15, 0.2) is 84.9 Å². The van der Waals surface area contributed by atoms with Crippen molar-refractivity contribution in [3.63, 3.8) is 0 Å². The number of ether oxygens (including phenoxy) is 3. The number of hydrogen-bond donors (Lipinski definition) is 4. The minimum Gasteiger partial charge on any atom is -0.465 e. The lowest BCUT2D eigenvalue weighted by molar-refractivity contribution is -0.124. The smallest absolute Gasteiger partial charge is 0.408 e. The first-order valence-corrected chi connectivity index (χ1v) is 18.9. The summed E-state index contributed by atoms with van der Waals surface area (Å²) in [6.45, 7) is 8.76. The Bertz CT molecular complexity index is 2020. The lowest BCUT2D eigenvalue weighted by Crippen LogP contribution is -2.43. The third-order valence-electron chi connectivity index (χ3n) is 8.05. The quantitative estimate of drug-likeness (QED) is 0.0848. The number of nitrogens with one attached hydrogen (secondary N) is 3. The van der Waals surface area contributed by atoms with E-state index in [-0.39, 0.29) is 11.9 Å². The lowest BCUT2D eigenvalue weighted by Gasteiger charge is -2.25. The van der Waals surface area contributed by atoms with Crippen LogP contribution in [0.2, 0.25) is 20.1 Å². The fraction of sp³-hybridized carbons (Fsp3) is 0.293. The molecule has 0 heterocycles. The van der Waals surface area contributed by atoms with Crippen molar-refractivity contribution >= 4 is 76.2 Å². The summed E-state index contributed by atoms with van der Waals surface area (Å²) in [5.41, 5.74) is 8.60. The second-order valence-corrected chi connectivity index (χ2v) is 15.4. The Hall–Kier alpha value is -4.85. The number of carbonyl (C=O) groups is 5. The fourth-order valence-electron chi connectivity index (χ4n) is 5.19. The van der Waals surface area contributed by atoms with Gasteiger partial charge in [0, 0.05) is 20.1 Å². The standard InChI is InChI=1S/C23H26Cl2N2O5.C18H18Cl2N2O3/c1-13(14-6-8-15(9-7-14)21(29)31-5)26-20(28)19(27-22(30)32-23(2,3)4)16-10-17(24)12-18(25)11-16;1-10(11-3-5-12(6-4-11)18(24)25-2)22-17(23)16(21)13-7-14(19)9-15(20)8-13/h6-13,19H,1-5H3,(H,26,28)(H,27,30);3-10,16H,21H2,1-2H3,(H,22,23)/t13-,19?;10-,16?/m11/s1. The molecule has 4 atom stereocenters. The molecule has 0 aliphatic rings. The van der Waals surface area contributed by atoms with Crippen molar-refractivity contribution in [3.8, 4) is 0 Å². The third kappa shape index (κ3) is 14.6. The molecule has 4 aromatic rings. The molecule has 0 aliphatic carbocycles. The number of methoxy groups -OCH3 is 2. The summed E-state index contributed by atoms with van der Waals surface area (Å²) in [6, 6.07) is 20.1. The van der Waals surface area contributed by atoms with E-state index in [0.717, 1.165) is 11.1 Å². The second kappa shape index (κ2) is 21.1. The summed E-state index contributed by atoms with van der Waals surface area (Å²) in [5, 5.41) is 9.74. The van der Waals surface area contributed by atoms with Crippen molar-refractivity contribution in [1.29, 1.82) is 0 Å². The first-order valence-electron chi connectivity index (χ1n) is 17.4. The van der Waals surface area contributed by atoms with Gasteiger partial charge in [-0.3, -0.25) is 9.59 Å². The van der Waals surface area contributed by atoms with Gasteiger partial charge in [0.1, 0.15) is 17.7 Å². The van der Waals surface area contributed by atoms with Crippen LogP contribution in [0.1, 0.15) is 102 Å². The number of halogens is 4. The zero-order valence-electron chi connectivity index (χ0n) is 32.2. The summed E-state index contributed by atoms with van der Waals surface area (Å²) in [4.78, 5) is 60.9. The van der Waals surface area contributed by atoms with Gasteiger partial charge in [-0.1, -0.05) is 70.7 Å². The minimum absolute atomic E-state index is 0.292. The zero-order chi connectivity index (χ0) is 42.6. The molecule has 0 aromatic heterocycles. The molecule has 0 radical (unpaired) electrons. The number of amides is 3. The molecule has 304 valence electrons. The summed E-state index contributed by atoms with van der Waals surface area (Å²) in [5.74, 6) is -1.71. The van der Waals surface area contributed by atoms with Gasteiger partial charge in [0.2, 0.25) is 11.8 Å². The fourth-order valence-corrected chi connectivity index (χ4v) is 6.28. The van der Waals surface area contributed by atoms with Crippen LogP contribution in [0, 0.1) is 0 Å². The highest BCUT2D eigenvalue weighted by molar-refractivity contribution is 6.35. The molecule has 0 aliphatic heterocycles. The van der Waals surface area contributed by atoms with E-state index in [9.17, 15) is 24.0 Å². The van der Waals surface area contributed by atoms with E-state index in [1.165, 1.54) is 20.3 Å². The molecule has 16 heteroatoms. The van der Waals surface area contributed by atoms with Crippen LogP contribution in [-0.2, 0) is 23.8 Å². The number of esters is 2. The Kier molecular flexibility index (Phi) is 17.2. The van der Waals surface area contributed by atoms with Crippen LogP contribution in [0.5, 0.6) is 0 Å². The van der Waals surface area contributed by atoms with E-state index < -0.39 is 47.7 Å². The predicted octanol–water partition coefficient (Wildman–Crippen LogP) is 8.88. The van der Waals surface area contributed by atoms with Crippen LogP contribution >= 0.6 is 46.4 Å². The molecule has 5 N–H and O–H groups in total. The van der Waals surface area contributed by atoms with Crippen molar-refractivity contribution in [2.75, 3.05) is 14.2 Å². The second-order valence-electron chi connectivity index (χ2n) is 13.7. The van der Waals surface area contributed by atoms with Crippen molar-refractivity contribution in [2.45, 2.75) is 64.4 Å². The van der Waals surface area contributed by atoms with Gasteiger partial charge < -0.3 is 35.9 Å². The maximum absolute atomic E-state index is 13.1. The highest BCUT2D eigenvalue weighted by atomic mass is 35.5. The summed E-state index contributed by atoms with van der Waals surface area (Å²) >= 11 is 24.1. The summed E-state index contributed by atoms with van der Waals surface area (Å²) < 4.78 is 14.6. The van der Waals surface area contributed by atoms with Crippen molar-refractivity contribution in [1.82, 2.24) is 16.0 Å². The molecule has 2 unspecified atom stereocenters. The molecule has 3 amide bonds. The number of nitrogens with two attached hydrogens (primary N) is 1. The van der Waals surface area contributed by atoms with Gasteiger partial charge in [0.05, 0.1) is 37.4 Å². The molecular formula is C41H44Cl4N4O8. The number of benzene rings is 4. The predicted molar refractivity (Wildman–Crippen MR) is 221 cm³/mol. The maximum atomic E-state index is 13.1. The van der Waals surface area contributed by atoms with Gasteiger partial charge in [-0.15, -0.1) is 0 Å². The third-order valence-corrected chi connectivity index (χ3v) is 8.92. The largest absolute Gasteiger partial charge is 0.465 e. The number of alkyl carbamates (subject to hydrolysis) is 1. The van der Waals surface area contributed by atoms with E-state index in [0.29, 0.717) is 42.3 Å². The van der Waals surface area contributed by atoms with E-state index >= 15 is 0 Å². The van der Waals surface area contributed by atoms with Crippen LogP contribution in [0.4, 0.5) is 4.79 Å². The number of rotatable bonds is 11. The molecule has 0 saturated carbocycles. The highest BCUT2D eigenvalue weighted by Gasteiger charge is 2.28. The molecule has 0 bridgehead atoms. The Balaban J connectivity index is 0.000000315. The SMILES string of the molecule is COC(=O)c1ccc([C@@H](C)NC(=O)C(N)c2cc(Cl)cc(Cl)c2)cc1.COC(=O)c1ccc([C@@H](C)NC(=O)C(NC(=O)OC(C)(C)C)c2cc(Cl)cc(Cl)c2)cc1.